The van der Waals surface area contributed by atoms with Crippen LogP contribution in [0.25, 0.3) is 0 Å². The monoisotopic (exact) mass is 280 g/mol. The summed E-state index contributed by atoms with van der Waals surface area (Å²) in [5.74, 6) is 0.752. The normalized spacial score (nSPS) is 21.3. The lowest BCUT2D eigenvalue weighted by atomic mass is 10.2. The highest BCUT2D eigenvalue weighted by molar-refractivity contribution is 7.80. The highest BCUT2D eigenvalue weighted by Crippen LogP contribution is 2.08. The molecule has 0 radical (unpaired) electrons. The topological polar surface area (TPSA) is 70.3 Å². The molecular formula is C12H20N6S. The van der Waals surface area contributed by atoms with Gasteiger partial charge in [-0.1, -0.05) is 12.2 Å². The fourth-order valence-corrected chi connectivity index (χ4v) is 2.20. The predicted molar refractivity (Wildman–Crippen MR) is 80.3 cm³/mol. The van der Waals surface area contributed by atoms with Crippen LogP contribution >= 0.6 is 12.2 Å². The number of thiocarbonyl (C=S) groups is 1. The highest BCUT2D eigenvalue weighted by atomic mass is 32.1. The van der Waals surface area contributed by atoms with E-state index in [9.17, 15) is 0 Å². The van der Waals surface area contributed by atoms with Crippen molar-refractivity contribution < 1.29 is 0 Å². The van der Waals surface area contributed by atoms with Crippen LogP contribution in [0.5, 0.6) is 0 Å². The van der Waals surface area contributed by atoms with Crippen LogP contribution in [0.1, 0.15) is 5.69 Å². The number of hydrogen-bond donors (Lipinski definition) is 2. The Hall–Kier alpha value is -1.31. The van der Waals surface area contributed by atoms with E-state index in [-0.39, 0.29) is 4.99 Å². The van der Waals surface area contributed by atoms with Gasteiger partial charge in [-0.25, -0.2) is 9.97 Å². The van der Waals surface area contributed by atoms with Crippen molar-refractivity contribution in [2.45, 2.75) is 6.04 Å². The zero-order chi connectivity index (χ0) is 13.8. The Kier molecular flexibility index (Phi) is 4.62. The number of piperazine rings is 1. The first-order valence-corrected chi connectivity index (χ1v) is 6.71. The molecule has 0 spiro atoms. The summed E-state index contributed by atoms with van der Waals surface area (Å²) in [4.78, 5) is 13.4. The molecule has 2 rings (SSSR count). The van der Waals surface area contributed by atoms with Gasteiger partial charge in [0.15, 0.2) is 0 Å². The minimum Gasteiger partial charge on any atom is -0.388 e. The van der Waals surface area contributed by atoms with Crippen LogP contribution in [0.15, 0.2) is 12.4 Å². The fraction of sp³-hybridized carbons (Fsp3) is 0.583. The molecule has 104 valence electrons. The molecule has 0 bridgehead atoms. The number of rotatable bonds is 4. The van der Waals surface area contributed by atoms with E-state index in [2.05, 4.69) is 39.2 Å². The number of nitrogens with zero attached hydrogens (tertiary/aromatic N) is 4. The number of hydrogen-bond acceptors (Lipinski definition) is 6. The van der Waals surface area contributed by atoms with Crippen LogP contribution in [-0.2, 0) is 0 Å². The number of likely N-dealkylation sites (N-methyl/N-ethyl adjacent to an activating group) is 2. The maximum Gasteiger partial charge on any atom is 0.144 e. The van der Waals surface area contributed by atoms with Gasteiger partial charge < -0.3 is 16.0 Å². The Bertz CT molecular complexity index is 434. The first kappa shape index (κ1) is 14.1. The molecule has 1 aromatic heterocycles. The smallest absolute Gasteiger partial charge is 0.144 e. The summed E-state index contributed by atoms with van der Waals surface area (Å²) in [6.45, 7) is 4.12. The third kappa shape index (κ3) is 3.82. The maximum absolute atomic E-state index is 5.48. The lowest BCUT2D eigenvalue weighted by Crippen LogP contribution is -2.52. The van der Waals surface area contributed by atoms with Crippen LogP contribution in [-0.4, -0.2) is 71.1 Å². The Balaban J connectivity index is 1.89. The van der Waals surface area contributed by atoms with E-state index in [1.807, 2.05) is 0 Å². The number of nitrogens with one attached hydrogen (secondary N) is 1. The SMILES string of the molecule is CN1CCN(C)C(CNc2cnc(C(N)=S)cn2)C1. The van der Waals surface area contributed by atoms with E-state index >= 15 is 0 Å². The van der Waals surface area contributed by atoms with Gasteiger partial charge in [-0.3, -0.25) is 4.90 Å². The molecule has 1 aliphatic heterocycles. The molecule has 19 heavy (non-hydrogen) atoms. The second kappa shape index (κ2) is 6.23. The van der Waals surface area contributed by atoms with Crippen molar-refractivity contribution in [2.75, 3.05) is 45.6 Å². The summed E-state index contributed by atoms with van der Waals surface area (Å²) in [6.07, 6.45) is 3.27. The molecular weight excluding hydrogens is 260 g/mol. The molecule has 7 heteroatoms. The third-order valence-corrected chi connectivity index (χ3v) is 3.61. The second-order valence-electron chi connectivity index (χ2n) is 4.93. The molecule has 1 unspecified atom stereocenters. The minimum absolute atomic E-state index is 0.271. The van der Waals surface area contributed by atoms with E-state index in [4.69, 9.17) is 18.0 Å². The van der Waals surface area contributed by atoms with Gasteiger partial charge in [0.1, 0.15) is 16.5 Å². The predicted octanol–water partition coefficient (Wildman–Crippen LogP) is -0.231. The lowest BCUT2D eigenvalue weighted by molar-refractivity contribution is 0.122. The van der Waals surface area contributed by atoms with Crippen LogP contribution in [0.4, 0.5) is 5.82 Å². The van der Waals surface area contributed by atoms with Gasteiger partial charge in [0, 0.05) is 32.2 Å². The van der Waals surface area contributed by atoms with Gasteiger partial charge in [-0.15, -0.1) is 0 Å². The molecule has 1 saturated heterocycles. The molecule has 1 aromatic rings. The summed E-state index contributed by atoms with van der Waals surface area (Å²) >= 11 is 4.84. The molecule has 1 aliphatic rings. The van der Waals surface area contributed by atoms with E-state index in [1.54, 1.807) is 12.4 Å². The van der Waals surface area contributed by atoms with Crippen LogP contribution < -0.4 is 11.1 Å². The molecule has 0 aromatic carbocycles. The Labute approximate surface area is 119 Å². The van der Waals surface area contributed by atoms with Crippen molar-refractivity contribution in [1.82, 2.24) is 19.8 Å². The van der Waals surface area contributed by atoms with Crippen molar-refractivity contribution in [2.24, 2.45) is 5.73 Å². The van der Waals surface area contributed by atoms with Gasteiger partial charge in [-0.05, 0) is 14.1 Å². The summed E-state index contributed by atoms with van der Waals surface area (Å²) in [6, 6.07) is 0.482. The van der Waals surface area contributed by atoms with Gasteiger partial charge in [0.2, 0.25) is 0 Å². The van der Waals surface area contributed by atoms with Gasteiger partial charge in [0.25, 0.3) is 0 Å². The number of nitrogens with two attached hydrogens (primary N) is 1. The van der Waals surface area contributed by atoms with Gasteiger partial charge in [-0.2, -0.15) is 0 Å². The first-order chi connectivity index (χ1) is 9.06. The van der Waals surface area contributed by atoms with Gasteiger partial charge >= 0.3 is 0 Å². The zero-order valence-corrected chi connectivity index (χ0v) is 12.2. The number of anilines is 1. The molecule has 1 atom stereocenters. The number of aromatic nitrogens is 2. The summed E-state index contributed by atoms with van der Waals surface area (Å²) < 4.78 is 0. The summed E-state index contributed by atoms with van der Waals surface area (Å²) in [7, 11) is 4.30. The fourth-order valence-electron chi connectivity index (χ4n) is 2.09. The quantitative estimate of drug-likeness (QED) is 0.738. The minimum atomic E-state index is 0.271. The maximum atomic E-state index is 5.48. The second-order valence-corrected chi connectivity index (χ2v) is 5.37. The molecule has 6 nitrogen and oxygen atoms in total. The van der Waals surface area contributed by atoms with Crippen molar-refractivity contribution in [3.63, 3.8) is 0 Å². The Morgan fingerprint density at radius 1 is 1.42 bits per heavy atom. The molecule has 0 saturated carbocycles. The van der Waals surface area contributed by atoms with E-state index < -0.39 is 0 Å². The molecule has 0 aliphatic carbocycles. The average Bonchev–Trinajstić information content (AvgIpc) is 2.40. The van der Waals surface area contributed by atoms with Crippen LogP contribution in [0.2, 0.25) is 0 Å². The largest absolute Gasteiger partial charge is 0.388 e. The van der Waals surface area contributed by atoms with Crippen molar-refractivity contribution in [3.05, 3.63) is 18.1 Å². The zero-order valence-electron chi connectivity index (χ0n) is 11.3. The van der Waals surface area contributed by atoms with Crippen molar-refractivity contribution in [3.8, 4) is 0 Å². The lowest BCUT2D eigenvalue weighted by Gasteiger charge is -2.37. The summed E-state index contributed by atoms with van der Waals surface area (Å²) in [5.41, 5.74) is 6.04. The first-order valence-electron chi connectivity index (χ1n) is 6.31. The average molecular weight is 280 g/mol. The van der Waals surface area contributed by atoms with Crippen LogP contribution in [0, 0.1) is 0 Å². The van der Waals surface area contributed by atoms with Crippen molar-refractivity contribution >= 4 is 23.0 Å². The third-order valence-electron chi connectivity index (χ3n) is 3.40. The molecule has 2 heterocycles. The van der Waals surface area contributed by atoms with E-state index in [0.29, 0.717) is 11.7 Å². The van der Waals surface area contributed by atoms with E-state index in [0.717, 1.165) is 32.0 Å². The standard InChI is InChI=1S/C12H20N6S/c1-17-3-4-18(2)9(8-17)5-15-11-7-14-10(6-16-11)12(13)19/h6-7,9H,3-5,8H2,1-2H3,(H2,13,19)(H,15,16). The summed E-state index contributed by atoms with van der Waals surface area (Å²) in [5, 5.41) is 3.31. The Morgan fingerprint density at radius 2 is 2.21 bits per heavy atom. The molecule has 3 N–H and O–H groups in total. The Morgan fingerprint density at radius 3 is 2.84 bits per heavy atom. The van der Waals surface area contributed by atoms with Crippen molar-refractivity contribution in [1.29, 1.82) is 0 Å². The van der Waals surface area contributed by atoms with E-state index in [1.165, 1.54) is 0 Å². The van der Waals surface area contributed by atoms with Gasteiger partial charge in [0.05, 0.1) is 12.4 Å². The molecule has 0 amide bonds. The highest BCUT2D eigenvalue weighted by Gasteiger charge is 2.21. The van der Waals surface area contributed by atoms with Crippen LogP contribution in [0.3, 0.4) is 0 Å². The molecule has 1 fully saturated rings.